The summed E-state index contributed by atoms with van der Waals surface area (Å²) in [4.78, 5) is 4.14. The molecule has 5 rings (SSSR count). The maximum Gasteiger partial charge on any atom is 0.394 e. The van der Waals surface area contributed by atoms with Crippen LogP contribution in [0.4, 0.5) is 24.8 Å². The molecule has 9 heteroatoms. The number of nitrogens with one attached hydrogen (secondary N) is 1. The summed E-state index contributed by atoms with van der Waals surface area (Å²) in [5.41, 5.74) is 4.34. The average Bonchev–Trinajstić information content (AvgIpc) is 2.76. The Morgan fingerprint density at radius 3 is 2.30 bits per heavy atom. The van der Waals surface area contributed by atoms with Gasteiger partial charge >= 0.3 is 6.18 Å². The molecule has 0 unspecified atom stereocenters. The van der Waals surface area contributed by atoms with Gasteiger partial charge in [0, 0.05) is 31.7 Å². The molecule has 6 nitrogen and oxygen atoms in total. The monoisotopic (exact) mass is 326 g/mol. The van der Waals surface area contributed by atoms with Crippen LogP contribution >= 0.6 is 0 Å². The van der Waals surface area contributed by atoms with E-state index in [0.29, 0.717) is 37.6 Å². The zero-order valence-electron chi connectivity index (χ0n) is 12.4. The van der Waals surface area contributed by atoms with Crippen LogP contribution in [0.25, 0.3) is 0 Å². The summed E-state index contributed by atoms with van der Waals surface area (Å²) in [6, 6.07) is 2.04. The summed E-state index contributed by atoms with van der Waals surface area (Å²) in [6.07, 6.45) is -3.35. The van der Waals surface area contributed by atoms with Crippen molar-refractivity contribution in [2.24, 2.45) is 5.41 Å². The molecule has 23 heavy (non-hydrogen) atoms. The first-order valence-electron chi connectivity index (χ1n) is 7.61. The van der Waals surface area contributed by atoms with E-state index in [2.05, 4.69) is 15.1 Å². The van der Waals surface area contributed by atoms with Crippen LogP contribution < -0.4 is 10.6 Å². The van der Waals surface area contributed by atoms with E-state index < -0.39 is 11.6 Å². The largest absolute Gasteiger partial charge is 0.394 e. The van der Waals surface area contributed by atoms with Gasteiger partial charge in [-0.05, 0) is 19.3 Å². The Kier molecular flexibility index (Phi) is 2.75. The van der Waals surface area contributed by atoms with Gasteiger partial charge in [-0.2, -0.15) is 23.5 Å². The Morgan fingerprint density at radius 2 is 1.78 bits per heavy atom. The van der Waals surface area contributed by atoms with Crippen molar-refractivity contribution in [2.75, 3.05) is 36.8 Å². The van der Waals surface area contributed by atoms with Gasteiger partial charge in [-0.1, -0.05) is 0 Å². The molecule has 0 atom stereocenters. The molecular weight excluding hydrogens is 309 g/mol. The number of anilines is 2. The molecule has 0 radical (unpaired) electrons. The van der Waals surface area contributed by atoms with E-state index in [4.69, 9.17) is 11.0 Å². The van der Waals surface area contributed by atoms with Gasteiger partial charge in [0.15, 0.2) is 5.82 Å². The van der Waals surface area contributed by atoms with Gasteiger partial charge in [-0.25, -0.2) is 0 Å². The molecule has 1 aromatic rings. The van der Waals surface area contributed by atoms with Crippen LogP contribution in [0.5, 0.6) is 0 Å². The van der Waals surface area contributed by atoms with Crippen LogP contribution in [0.3, 0.4) is 0 Å². The van der Waals surface area contributed by atoms with E-state index in [1.54, 1.807) is 0 Å². The fourth-order valence-corrected chi connectivity index (χ4v) is 4.45. The van der Waals surface area contributed by atoms with Crippen LogP contribution in [0.15, 0.2) is 0 Å². The molecule has 3 aliphatic carbocycles. The van der Waals surface area contributed by atoms with Crippen LogP contribution in [0, 0.1) is 16.7 Å². The molecule has 3 N–H and O–H groups in total. The molecule has 1 saturated heterocycles. The third-order valence-corrected chi connectivity index (χ3v) is 5.74. The van der Waals surface area contributed by atoms with E-state index in [-0.39, 0.29) is 30.6 Å². The highest BCUT2D eigenvalue weighted by atomic mass is 19.4. The molecule has 0 aromatic carbocycles. The predicted octanol–water partition coefficient (Wildman–Crippen LogP) is 1.47. The summed E-state index contributed by atoms with van der Waals surface area (Å²) in [5.74, 6) is 0.783. The number of aromatic amines is 1. The molecule has 0 spiro atoms. The summed E-state index contributed by atoms with van der Waals surface area (Å²) < 4.78 is 38.8. The van der Waals surface area contributed by atoms with Gasteiger partial charge in [0.1, 0.15) is 17.5 Å². The van der Waals surface area contributed by atoms with Crippen molar-refractivity contribution in [1.29, 1.82) is 5.26 Å². The van der Waals surface area contributed by atoms with Gasteiger partial charge in [0.25, 0.3) is 0 Å². The van der Waals surface area contributed by atoms with Gasteiger partial charge in [0.2, 0.25) is 0 Å². The minimum atomic E-state index is -4.06. The number of halogens is 3. The van der Waals surface area contributed by atoms with Crippen LogP contribution in [0.2, 0.25) is 0 Å². The summed E-state index contributed by atoms with van der Waals surface area (Å²) >= 11 is 0. The quantitative estimate of drug-likeness (QED) is 0.860. The van der Waals surface area contributed by atoms with Gasteiger partial charge in [-0.15, -0.1) is 0 Å². The lowest BCUT2D eigenvalue weighted by atomic mass is 9.38. The fourth-order valence-electron chi connectivity index (χ4n) is 4.45. The van der Waals surface area contributed by atoms with Gasteiger partial charge in [-0.3, -0.25) is 10.00 Å². The molecule has 124 valence electrons. The first-order valence-corrected chi connectivity index (χ1v) is 7.61. The highest BCUT2D eigenvalue weighted by Gasteiger charge is 2.79. The van der Waals surface area contributed by atoms with Crippen molar-refractivity contribution < 1.29 is 13.2 Å². The number of H-pyrrole nitrogens is 1. The minimum Gasteiger partial charge on any atom is -0.383 e. The number of nitrogen functional groups attached to an aromatic ring is 1. The first kappa shape index (κ1) is 14.6. The minimum absolute atomic E-state index is 0.238. The van der Waals surface area contributed by atoms with Crippen molar-refractivity contribution in [3.8, 4) is 6.07 Å². The Morgan fingerprint density at radius 1 is 1.17 bits per heavy atom. The highest BCUT2D eigenvalue weighted by Crippen LogP contribution is 2.75. The maximum atomic E-state index is 12.9. The van der Waals surface area contributed by atoms with Gasteiger partial charge < -0.3 is 10.6 Å². The lowest BCUT2D eigenvalue weighted by Crippen LogP contribution is -2.80. The Labute approximate surface area is 131 Å². The molecule has 2 heterocycles. The van der Waals surface area contributed by atoms with Gasteiger partial charge in [0.05, 0.1) is 5.41 Å². The summed E-state index contributed by atoms with van der Waals surface area (Å²) in [6.45, 7) is 2.65. The zero-order valence-corrected chi connectivity index (χ0v) is 12.4. The SMILES string of the molecule is N#Cc1c(N2CCN(C34CC(C(F)(F)F)(C3)C4)CC2)n[nH]c1N. The number of hydrogen-bond donors (Lipinski definition) is 2. The second-order valence-corrected chi connectivity index (χ2v) is 6.95. The maximum absolute atomic E-state index is 12.9. The second-order valence-electron chi connectivity index (χ2n) is 6.95. The topological polar surface area (TPSA) is 85.0 Å². The number of nitrogens with two attached hydrogens (primary N) is 1. The van der Waals surface area contributed by atoms with E-state index in [1.165, 1.54) is 0 Å². The molecule has 4 fully saturated rings. The van der Waals surface area contributed by atoms with Crippen LogP contribution in [0.1, 0.15) is 24.8 Å². The Bertz CT molecular complexity index is 660. The number of alkyl halides is 3. The second kappa shape index (κ2) is 4.32. The fraction of sp³-hybridized carbons (Fsp3) is 0.714. The normalized spacial score (nSPS) is 33.7. The third kappa shape index (κ3) is 1.81. The summed E-state index contributed by atoms with van der Waals surface area (Å²) in [7, 11) is 0. The van der Waals surface area contributed by atoms with Crippen molar-refractivity contribution in [1.82, 2.24) is 15.1 Å². The smallest absolute Gasteiger partial charge is 0.383 e. The van der Waals surface area contributed by atoms with Crippen molar-refractivity contribution in [3.63, 3.8) is 0 Å². The van der Waals surface area contributed by atoms with Crippen molar-refractivity contribution >= 4 is 11.6 Å². The van der Waals surface area contributed by atoms with E-state index in [9.17, 15) is 13.2 Å². The Hall–Kier alpha value is -1.95. The number of nitrogens with zero attached hydrogens (tertiary/aromatic N) is 4. The molecule has 0 amide bonds. The first-order chi connectivity index (χ1) is 10.8. The molecule has 3 saturated carbocycles. The third-order valence-electron chi connectivity index (χ3n) is 5.74. The number of rotatable bonds is 2. The predicted molar refractivity (Wildman–Crippen MR) is 76.6 cm³/mol. The zero-order chi connectivity index (χ0) is 16.5. The number of nitriles is 1. The lowest BCUT2D eigenvalue weighted by Gasteiger charge is -2.74. The number of piperazine rings is 1. The van der Waals surface area contributed by atoms with Crippen molar-refractivity contribution in [3.05, 3.63) is 5.56 Å². The average molecular weight is 326 g/mol. The highest BCUT2D eigenvalue weighted by molar-refractivity contribution is 5.64. The molecule has 2 bridgehead atoms. The summed E-state index contributed by atoms with van der Waals surface area (Å²) in [5, 5.41) is 15.8. The molecular formula is C14H17F3N6. The Balaban J connectivity index is 1.39. The molecule has 4 aliphatic rings. The number of aromatic nitrogens is 2. The van der Waals surface area contributed by atoms with E-state index in [0.717, 1.165) is 0 Å². The van der Waals surface area contributed by atoms with Crippen molar-refractivity contribution in [2.45, 2.75) is 31.0 Å². The van der Waals surface area contributed by atoms with E-state index >= 15 is 0 Å². The molecule has 1 aromatic heterocycles. The lowest BCUT2D eigenvalue weighted by molar-refractivity contribution is -0.362. The van der Waals surface area contributed by atoms with Crippen LogP contribution in [-0.2, 0) is 0 Å². The van der Waals surface area contributed by atoms with E-state index in [1.807, 2.05) is 11.0 Å². The molecule has 1 aliphatic heterocycles. The number of hydrogen-bond acceptors (Lipinski definition) is 5. The van der Waals surface area contributed by atoms with Crippen LogP contribution in [-0.4, -0.2) is 53.0 Å². The standard InChI is InChI=1S/C14H17F3N6/c15-14(16,17)12-6-13(7-12,8-12)23-3-1-22(2-4-23)11-9(5-18)10(19)20-21-11/h1-4,6-8H2,(H3,19,20,21).